The van der Waals surface area contributed by atoms with E-state index in [2.05, 4.69) is 0 Å². The number of ether oxygens (including phenoxy) is 2. The van der Waals surface area contributed by atoms with Gasteiger partial charge in [0.15, 0.2) is 0 Å². The molecule has 0 unspecified atom stereocenters. The average molecular weight is 211 g/mol. The van der Waals surface area contributed by atoms with E-state index in [0.29, 0.717) is 12.8 Å². The fourth-order valence-corrected chi connectivity index (χ4v) is 2.12. The third kappa shape index (κ3) is 1.98. The van der Waals surface area contributed by atoms with Gasteiger partial charge in [-0.1, -0.05) is 0 Å². The first-order valence-electron chi connectivity index (χ1n) is 5.53. The van der Waals surface area contributed by atoms with E-state index in [-0.39, 0.29) is 12.1 Å². The van der Waals surface area contributed by atoms with Crippen LogP contribution in [0.2, 0.25) is 0 Å². The number of carbonyl (C=O) groups is 1. The summed E-state index contributed by atoms with van der Waals surface area (Å²) in [6, 6.07) is 0. The summed E-state index contributed by atoms with van der Waals surface area (Å²) in [6.45, 7) is 1.39. The standard InChI is InChI=1S/C11H15O4/c12-8-14-11(6-1-2-7-11)10(13)15-9-4-3-5-9/h9H,1-7H2. The van der Waals surface area contributed by atoms with Gasteiger partial charge in [-0.05, 0) is 44.9 Å². The van der Waals surface area contributed by atoms with E-state index in [1.807, 2.05) is 0 Å². The summed E-state index contributed by atoms with van der Waals surface area (Å²) in [4.78, 5) is 22.1. The summed E-state index contributed by atoms with van der Waals surface area (Å²) in [5, 5.41) is 0. The first-order valence-corrected chi connectivity index (χ1v) is 5.53. The minimum Gasteiger partial charge on any atom is -0.459 e. The van der Waals surface area contributed by atoms with E-state index in [1.54, 1.807) is 0 Å². The predicted molar refractivity (Wildman–Crippen MR) is 51.7 cm³/mol. The van der Waals surface area contributed by atoms with Crippen molar-refractivity contribution in [2.24, 2.45) is 0 Å². The number of esters is 1. The van der Waals surface area contributed by atoms with Crippen molar-refractivity contribution >= 4 is 12.4 Å². The van der Waals surface area contributed by atoms with Crippen LogP contribution in [0.25, 0.3) is 0 Å². The van der Waals surface area contributed by atoms with Crippen molar-refractivity contribution in [2.75, 3.05) is 0 Å². The van der Waals surface area contributed by atoms with E-state index in [0.717, 1.165) is 32.1 Å². The SMILES string of the molecule is O=[C]OC1(C(=O)OC2CCC2)CCCC1. The van der Waals surface area contributed by atoms with Crippen LogP contribution >= 0.6 is 0 Å². The van der Waals surface area contributed by atoms with Crippen LogP contribution in [-0.4, -0.2) is 24.1 Å². The topological polar surface area (TPSA) is 52.6 Å². The van der Waals surface area contributed by atoms with E-state index < -0.39 is 5.60 Å². The first-order chi connectivity index (χ1) is 7.27. The van der Waals surface area contributed by atoms with Gasteiger partial charge in [0, 0.05) is 0 Å². The van der Waals surface area contributed by atoms with Gasteiger partial charge >= 0.3 is 12.4 Å². The van der Waals surface area contributed by atoms with Gasteiger partial charge in [-0.3, -0.25) is 0 Å². The van der Waals surface area contributed by atoms with Gasteiger partial charge < -0.3 is 9.47 Å². The van der Waals surface area contributed by atoms with Gasteiger partial charge in [0.1, 0.15) is 6.10 Å². The highest BCUT2D eigenvalue weighted by atomic mass is 16.6. The summed E-state index contributed by atoms with van der Waals surface area (Å²) >= 11 is 0. The van der Waals surface area contributed by atoms with Crippen molar-refractivity contribution in [2.45, 2.75) is 56.7 Å². The molecule has 2 fully saturated rings. The third-order valence-electron chi connectivity index (χ3n) is 3.35. The Balaban J connectivity index is 1.96. The largest absolute Gasteiger partial charge is 0.459 e. The Kier molecular flexibility index (Phi) is 2.93. The van der Waals surface area contributed by atoms with Crippen molar-refractivity contribution in [1.82, 2.24) is 0 Å². The zero-order chi connectivity index (χ0) is 10.7. The van der Waals surface area contributed by atoms with Gasteiger partial charge in [0.25, 0.3) is 0 Å². The highest BCUT2D eigenvalue weighted by Gasteiger charge is 2.46. The molecule has 2 rings (SSSR count). The molecule has 15 heavy (non-hydrogen) atoms. The van der Waals surface area contributed by atoms with Gasteiger partial charge in [-0.2, -0.15) is 0 Å². The molecule has 0 aliphatic heterocycles. The van der Waals surface area contributed by atoms with E-state index >= 15 is 0 Å². The third-order valence-corrected chi connectivity index (χ3v) is 3.35. The summed E-state index contributed by atoms with van der Waals surface area (Å²) in [5.74, 6) is -0.368. The van der Waals surface area contributed by atoms with Gasteiger partial charge in [0.2, 0.25) is 5.60 Å². The Morgan fingerprint density at radius 3 is 2.33 bits per heavy atom. The Hall–Kier alpha value is -1.06. The van der Waals surface area contributed by atoms with Gasteiger partial charge in [-0.25, -0.2) is 9.59 Å². The minimum atomic E-state index is -1.02. The molecule has 2 aliphatic carbocycles. The molecule has 0 saturated heterocycles. The molecule has 4 heteroatoms. The quantitative estimate of drug-likeness (QED) is 0.661. The van der Waals surface area contributed by atoms with Crippen molar-refractivity contribution in [3.63, 3.8) is 0 Å². The molecule has 0 spiro atoms. The molecule has 83 valence electrons. The van der Waals surface area contributed by atoms with Crippen molar-refractivity contribution in [3.8, 4) is 0 Å². The van der Waals surface area contributed by atoms with Crippen LogP contribution in [0.1, 0.15) is 44.9 Å². The lowest BCUT2D eigenvalue weighted by molar-refractivity contribution is -0.172. The number of rotatable bonds is 4. The smallest absolute Gasteiger partial charge is 0.418 e. The number of hydrogen-bond donors (Lipinski definition) is 0. The Bertz CT molecular complexity index is 251. The van der Waals surface area contributed by atoms with Crippen molar-refractivity contribution < 1.29 is 19.1 Å². The Labute approximate surface area is 88.9 Å². The summed E-state index contributed by atoms with van der Waals surface area (Å²) in [5.41, 5.74) is -1.02. The maximum atomic E-state index is 11.8. The molecule has 2 saturated carbocycles. The van der Waals surface area contributed by atoms with Crippen LogP contribution in [0, 0.1) is 0 Å². The number of carbonyl (C=O) groups excluding carboxylic acids is 2. The second kappa shape index (κ2) is 4.21. The van der Waals surface area contributed by atoms with Crippen LogP contribution in [-0.2, 0) is 19.1 Å². The molecule has 0 aromatic rings. The van der Waals surface area contributed by atoms with Crippen LogP contribution in [0.15, 0.2) is 0 Å². The lowest BCUT2D eigenvalue weighted by Crippen LogP contribution is -2.43. The average Bonchev–Trinajstić information content (AvgIpc) is 2.61. The molecule has 1 radical (unpaired) electrons. The van der Waals surface area contributed by atoms with Gasteiger partial charge in [-0.15, -0.1) is 0 Å². The van der Waals surface area contributed by atoms with Crippen molar-refractivity contribution in [3.05, 3.63) is 0 Å². The Morgan fingerprint density at radius 1 is 1.20 bits per heavy atom. The molecule has 2 aliphatic rings. The number of hydrogen-bond acceptors (Lipinski definition) is 4. The van der Waals surface area contributed by atoms with Crippen LogP contribution in [0.4, 0.5) is 0 Å². The lowest BCUT2D eigenvalue weighted by Gasteiger charge is -2.30. The Morgan fingerprint density at radius 2 is 1.87 bits per heavy atom. The summed E-state index contributed by atoms with van der Waals surface area (Å²) in [7, 11) is 0. The first kappa shape index (κ1) is 10.5. The van der Waals surface area contributed by atoms with E-state index in [1.165, 1.54) is 6.47 Å². The van der Waals surface area contributed by atoms with Gasteiger partial charge in [0.05, 0.1) is 0 Å². The maximum absolute atomic E-state index is 11.8. The lowest BCUT2D eigenvalue weighted by atomic mass is 9.95. The second-order valence-electron chi connectivity index (χ2n) is 4.35. The molecule has 0 amide bonds. The highest BCUT2D eigenvalue weighted by Crippen LogP contribution is 2.35. The zero-order valence-corrected chi connectivity index (χ0v) is 8.66. The molecular formula is C11H15O4. The normalized spacial score (nSPS) is 24.3. The maximum Gasteiger partial charge on any atom is 0.418 e. The monoisotopic (exact) mass is 211 g/mol. The molecule has 0 heterocycles. The molecular weight excluding hydrogens is 196 g/mol. The van der Waals surface area contributed by atoms with Crippen LogP contribution in [0.3, 0.4) is 0 Å². The predicted octanol–water partition coefficient (Wildman–Crippen LogP) is 1.48. The highest BCUT2D eigenvalue weighted by molar-refractivity contribution is 5.81. The van der Waals surface area contributed by atoms with Crippen molar-refractivity contribution in [1.29, 1.82) is 0 Å². The molecule has 0 N–H and O–H groups in total. The molecule has 0 bridgehead atoms. The summed E-state index contributed by atoms with van der Waals surface area (Å²) in [6.07, 6.45) is 6.00. The molecule has 4 nitrogen and oxygen atoms in total. The fraction of sp³-hybridized carbons (Fsp3) is 0.818. The van der Waals surface area contributed by atoms with Crippen LogP contribution in [0.5, 0.6) is 0 Å². The van der Waals surface area contributed by atoms with Crippen LogP contribution < -0.4 is 0 Å². The minimum absolute atomic E-state index is 0.0465. The zero-order valence-electron chi connectivity index (χ0n) is 8.66. The van der Waals surface area contributed by atoms with E-state index in [9.17, 15) is 9.59 Å². The summed E-state index contributed by atoms with van der Waals surface area (Å²) < 4.78 is 10.1. The molecule has 0 atom stereocenters. The fourth-order valence-electron chi connectivity index (χ4n) is 2.12. The second-order valence-corrected chi connectivity index (χ2v) is 4.35. The van der Waals surface area contributed by atoms with E-state index in [4.69, 9.17) is 9.47 Å². The molecule has 0 aromatic heterocycles. The molecule has 0 aromatic carbocycles.